The predicted octanol–water partition coefficient (Wildman–Crippen LogP) is 2.43. The van der Waals surface area contributed by atoms with Crippen molar-refractivity contribution < 1.29 is 9.13 Å². The Morgan fingerprint density at radius 3 is 2.71 bits per heavy atom. The molecule has 1 aliphatic rings. The summed E-state index contributed by atoms with van der Waals surface area (Å²) < 4.78 is 19.4. The van der Waals surface area contributed by atoms with E-state index < -0.39 is 0 Å². The molecule has 24 heavy (non-hydrogen) atoms. The van der Waals surface area contributed by atoms with Gasteiger partial charge in [0.1, 0.15) is 18.2 Å². The second-order valence-electron chi connectivity index (χ2n) is 6.00. The maximum Gasteiger partial charge on any atom is 0.138 e. The normalized spacial score (nSPS) is 15.9. The Morgan fingerprint density at radius 2 is 2.00 bits per heavy atom. The second-order valence-corrected chi connectivity index (χ2v) is 6.00. The number of anilines is 1. The summed E-state index contributed by atoms with van der Waals surface area (Å²) in [6, 6.07) is 7.04. The predicted molar refractivity (Wildman–Crippen MR) is 92.8 cm³/mol. The molecule has 1 N–H and O–H groups in total. The van der Waals surface area contributed by atoms with Gasteiger partial charge in [-0.05, 0) is 37.2 Å². The molecule has 3 rings (SSSR count). The van der Waals surface area contributed by atoms with Crippen LogP contribution in [0, 0.1) is 17.7 Å². The van der Waals surface area contributed by atoms with E-state index in [1.807, 2.05) is 31.1 Å². The van der Waals surface area contributed by atoms with E-state index in [9.17, 15) is 4.39 Å². The van der Waals surface area contributed by atoms with Crippen molar-refractivity contribution in [2.75, 3.05) is 32.1 Å². The zero-order chi connectivity index (χ0) is 16.9. The number of hydrogen-bond acceptors (Lipinski definition) is 4. The minimum Gasteiger partial charge on any atom is -0.490 e. The van der Waals surface area contributed by atoms with Gasteiger partial charge in [0.15, 0.2) is 0 Å². The monoisotopic (exact) mass is 325 g/mol. The number of aromatic nitrogens is 1. The van der Waals surface area contributed by atoms with Crippen molar-refractivity contribution in [3.05, 3.63) is 53.6 Å². The maximum absolute atomic E-state index is 13.7. The van der Waals surface area contributed by atoms with Gasteiger partial charge < -0.3 is 15.0 Å². The standard InChI is InChI=1S/C19H20FN3O/c1-23(2)18-8-14(7-16(20)10-18)3-4-15-9-19(12-21-11-15)24-13-17-5-6-22-17/h7-12,17,22H,5-6,13H2,1-2H3/t17-/m0/s1. The third-order valence-corrected chi connectivity index (χ3v) is 3.84. The van der Waals surface area contributed by atoms with Crippen LogP contribution in [0.3, 0.4) is 0 Å². The summed E-state index contributed by atoms with van der Waals surface area (Å²) in [5.74, 6) is 6.40. The molecule has 2 heterocycles. The number of ether oxygens (including phenoxy) is 1. The number of pyridine rings is 1. The molecule has 0 unspecified atom stereocenters. The minimum absolute atomic E-state index is 0.297. The van der Waals surface area contributed by atoms with Gasteiger partial charge in [-0.25, -0.2) is 4.39 Å². The van der Waals surface area contributed by atoms with Crippen molar-refractivity contribution >= 4 is 5.69 Å². The third-order valence-electron chi connectivity index (χ3n) is 3.84. The van der Waals surface area contributed by atoms with Gasteiger partial charge in [-0.3, -0.25) is 4.98 Å². The molecular formula is C19H20FN3O. The average Bonchev–Trinajstić information content (AvgIpc) is 2.51. The Balaban J connectivity index is 1.73. The molecule has 4 nitrogen and oxygen atoms in total. The molecule has 0 aliphatic carbocycles. The number of rotatable bonds is 4. The Bertz CT molecular complexity index is 776. The lowest BCUT2D eigenvalue weighted by Crippen LogP contribution is -2.46. The SMILES string of the molecule is CN(C)c1cc(F)cc(C#Cc2cncc(OC[C@@H]3CCN3)c2)c1. The molecule has 2 aromatic rings. The summed E-state index contributed by atoms with van der Waals surface area (Å²) in [5.41, 5.74) is 2.15. The molecule has 1 aromatic heterocycles. The van der Waals surface area contributed by atoms with Crippen LogP contribution in [0.15, 0.2) is 36.7 Å². The smallest absolute Gasteiger partial charge is 0.138 e. The molecule has 1 atom stereocenters. The summed E-state index contributed by atoms with van der Waals surface area (Å²) in [6.45, 7) is 1.69. The molecule has 1 aromatic carbocycles. The Labute approximate surface area is 141 Å². The number of nitrogens with zero attached hydrogens (tertiary/aromatic N) is 2. The van der Waals surface area contributed by atoms with Gasteiger partial charge in [0.05, 0.1) is 6.20 Å². The lowest BCUT2D eigenvalue weighted by molar-refractivity contribution is 0.217. The van der Waals surface area contributed by atoms with Crippen LogP contribution >= 0.6 is 0 Å². The van der Waals surface area contributed by atoms with Crippen molar-refractivity contribution in [1.29, 1.82) is 0 Å². The van der Waals surface area contributed by atoms with Crippen molar-refractivity contribution in [2.45, 2.75) is 12.5 Å². The lowest BCUT2D eigenvalue weighted by atomic mass is 10.1. The molecule has 1 aliphatic heterocycles. The third kappa shape index (κ3) is 4.24. The van der Waals surface area contributed by atoms with Crippen LogP contribution in [-0.4, -0.2) is 38.3 Å². The van der Waals surface area contributed by atoms with Crippen molar-refractivity contribution in [2.24, 2.45) is 0 Å². The maximum atomic E-state index is 13.7. The first kappa shape index (κ1) is 16.3. The molecular weight excluding hydrogens is 305 g/mol. The van der Waals surface area contributed by atoms with Crippen LogP contribution in [0.2, 0.25) is 0 Å². The second kappa shape index (κ2) is 7.33. The zero-order valence-corrected chi connectivity index (χ0v) is 13.8. The molecule has 0 bridgehead atoms. The largest absolute Gasteiger partial charge is 0.490 e. The van der Waals surface area contributed by atoms with Crippen LogP contribution in [0.1, 0.15) is 17.5 Å². The molecule has 0 radical (unpaired) electrons. The van der Waals surface area contributed by atoms with Gasteiger partial charge >= 0.3 is 0 Å². The Hall–Kier alpha value is -2.58. The fourth-order valence-electron chi connectivity index (χ4n) is 2.30. The van der Waals surface area contributed by atoms with E-state index in [2.05, 4.69) is 22.1 Å². The quantitative estimate of drug-likeness (QED) is 0.876. The van der Waals surface area contributed by atoms with E-state index in [-0.39, 0.29) is 5.82 Å². The summed E-state index contributed by atoms with van der Waals surface area (Å²) in [4.78, 5) is 6.00. The summed E-state index contributed by atoms with van der Waals surface area (Å²) in [5, 5.41) is 3.28. The first-order chi connectivity index (χ1) is 11.6. The van der Waals surface area contributed by atoms with Crippen molar-refractivity contribution in [3.8, 4) is 17.6 Å². The molecule has 1 fully saturated rings. The van der Waals surface area contributed by atoms with Gasteiger partial charge in [-0.1, -0.05) is 11.8 Å². The van der Waals surface area contributed by atoms with Gasteiger partial charge in [0.2, 0.25) is 0 Å². The summed E-state index contributed by atoms with van der Waals surface area (Å²) in [7, 11) is 3.74. The average molecular weight is 325 g/mol. The summed E-state index contributed by atoms with van der Waals surface area (Å²) in [6.07, 6.45) is 4.49. The van der Waals surface area contributed by atoms with E-state index in [1.54, 1.807) is 12.4 Å². The van der Waals surface area contributed by atoms with Crippen LogP contribution in [0.5, 0.6) is 5.75 Å². The van der Waals surface area contributed by atoms with E-state index in [0.717, 1.165) is 24.2 Å². The van der Waals surface area contributed by atoms with E-state index >= 15 is 0 Å². The van der Waals surface area contributed by atoms with Crippen LogP contribution < -0.4 is 15.0 Å². The molecule has 0 saturated carbocycles. The first-order valence-corrected chi connectivity index (χ1v) is 7.91. The highest BCUT2D eigenvalue weighted by Gasteiger charge is 2.16. The molecule has 1 saturated heterocycles. The Kier molecular flexibility index (Phi) is 4.97. The molecule has 124 valence electrons. The Morgan fingerprint density at radius 1 is 1.21 bits per heavy atom. The molecule has 0 spiro atoms. The topological polar surface area (TPSA) is 37.4 Å². The van der Waals surface area contributed by atoms with Crippen LogP contribution in [0.4, 0.5) is 10.1 Å². The van der Waals surface area contributed by atoms with E-state index in [4.69, 9.17) is 4.74 Å². The highest BCUT2D eigenvalue weighted by molar-refractivity contribution is 5.53. The van der Waals surface area contributed by atoms with Gasteiger partial charge in [-0.15, -0.1) is 0 Å². The fourth-order valence-corrected chi connectivity index (χ4v) is 2.30. The van der Waals surface area contributed by atoms with Crippen LogP contribution in [0.25, 0.3) is 0 Å². The summed E-state index contributed by atoms with van der Waals surface area (Å²) >= 11 is 0. The van der Waals surface area contributed by atoms with Gasteiger partial charge in [-0.2, -0.15) is 0 Å². The highest BCUT2D eigenvalue weighted by atomic mass is 19.1. The van der Waals surface area contributed by atoms with Crippen LogP contribution in [-0.2, 0) is 0 Å². The number of halogens is 1. The van der Waals surface area contributed by atoms with E-state index in [1.165, 1.54) is 12.1 Å². The molecule has 0 amide bonds. The lowest BCUT2D eigenvalue weighted by Gasteiger charge is -2.27. The number of nitrogens with one attached hydrogen (secondary N) is 1. The van der Waals surface area contributed by atoms with E-state index in [0.29, 0.717) is 24.0 Å². The van der Waals surface area contributed by atoms with Crippen molar-refractivity contribution in [3.63, 3.8) is 0 Å². The van der Waals surface area contributed by atoms with Crippen molar-refractivity contribution in [1.82, 2.24) is 10.3 Å². The minimum atomic E-state index is -0.297. The number of benzene rings is 1. The van der Waals surface area contributed by atoms with Gasteiger partial charge in [0, 0.05) is 43.1 Å². The fraction of sp³-hybridized carbons (Fsp3) is 0.316. The first-order valence-electron chi connectivity index (χ1n) is 7.91. The molecule has 5 heteroatoms. The zero-order valence-electron chi connectivity index (χ0n) is 13.8. The number of hydrogen-bond donors (Lipinski definition) is 1. The van der Waals surface area contributed by atoms with Gasteiger partial charge in [0.25, 0.3) is 0 Å². The highest BCUT2D eigenvalue weighted by Crippen LogP contribution is 2.16.